The Morgan fingerprint density at radius 3 is 2.61 bits per heavy atom. The van der Waals surface area contributed by atoms with Crippen LogP contribution in [-0.2, 0) is 4.74 Å². The van der Waals surface area contributed by atoms with Crippen molar-refractivity contribution in [3.8, 4) is 5.82 Å². The lowest BCUT2D eigenvalue weighted by molar-refractivity contribution is 0.0656. The zero-order valence-corrected chi connectivity index (χ0v) is 16.3. The Labute approximate surface area is 163 Å². The number of hydrogen-bond acceptors (Lipinski definition) is 5. The van der Waals surface area contributed by atoms with Crippen molar-refractivity contribution in [1.82, 2.24) is 24.5 Å². The quantitative estimate of drug-likeness (QED) is 0.752. The number of amides is 1. The topological polar surface area (TPSA) is 86.9 Å². The van der Waals surface area contributed by atoms with Gasteiger partial charge in [-0.3, -0.25) is 9.48 Å². The second kappa shape index (κ2) is 7.55. The fourth-order valence-electron chi connectivity index (χ4n) is 3.59. The molecule has 1 N–H and O–H groups in total. The van der Waals surface area contributed by atoms with E-state index in [1.165, 1.54) is 0 Å². The van der Waals surface area contributed by atoms with Gasteiger partial charge in [0, 0.05) is 24.6 Å². The standard InChI is InChI=1S/C20H24N6O2/c1-13-10-14(2)25(24-13)19-5-4-16(11-21-19)23-20(27)18-12-22-26(15(18)3)17-6-8-28-9-7-17/h4-5,10-12,17H,6-9H2,1-3H3,(H,23,27). The summed E-state index contributed by atoms with van der Waals surface area (Å²) < 4.78 is 9.14. The normalized spacial score (nSPS) is 15.0. The van der Waals surface area contributed by atoms with Crippen LogP contribution in [0.1, 0.15) is 46.3 Å². The number of aromatic nitrogens is 5. The minimum atomic E-state index is -0.184. The van der Waals surface area contributed by atoms with E-state index in [-0.39, 0.29) is 11.9 Å². The van der Waals surface area contributed by atoms with Crippen LogP contribution in [0.5, 0.6) is 0 Å². The molecule has 1 amide bonds. The van der Waals surface area contributed by atoms with Crippen LogP contribution in [0.15, 0.2) is 30.6 Å². The van der Waals surface area contributed by atoms with Crippen LogP contribution in [0.3, 0.4) is 0 Å². The molecule has 28 heavy (non-hydrogen) atoms. The molecule has 0 atom stereocenters. The van der Waals surface area contributed by atoms with Gasteiger partial charge in [0.15, 0.2) is 5.82 Å². The average Bonchev–Trinajstić information content (AvgIpc) is 3.24. The average molecular weight is 380 g/mol. The smallest absolute Gasteiger partial charge is 0.259 e. The molecule has 0 aromatic carbocycles. The molecular weight excluding hydrogens is 356 g/mol. The zero-order chi connectivity index (χ0) is 19.7. The highest BCUT2D eigenvalue weighted by molar-refractivity contribution is 6.04. The molecule has 1 aliphatic heterocycles. The summed E-state index contributed by atoms with van der Waals surface area (Å²) in [5.74, 6) is 0.531. The number of aryl methyl sites for hydroxylation is 2. The molecule has 1 fully saturated rings. The number of hydrogen-bond donors (Lipinski definition) is 1. The van der Waals surface area contributed by atoms with Crippen LogP contribution in [0.2, 0.25) is 0 Å². The molecule has 0 saturated carbocycles. The molecule has 0 aliphatic carbocycles. The highest BCUT2D eigenvalue weighted by Gasteiger charge is 2.22. The van der Waals surface area contributed by atoms with Gasteiger partial charge in [-0.15, -0.1) is 0 Å². The maximum absolute atomic E-state index is 12.7. The number of rotatable bonds is 4. The third kappa shape index (κ3) is 3.55. The summed E-state index contributed by atoms with van der Waals surface area (Å²) in [7, 11) is 0. The van der Waals surface area contributed by atoms with E-state index in [1.807, 2.05) is 43.7 Å². The zero-order valence-electron chi connectivity index (χ0n) is 16.3. The largest absolute Gasteiger partial charge is 0.381 e. The highest BCUT2D eigenvalue weighted by atomic mass is 16.5. The van der Waals surface area contributed by atoms with Gasteiger partial charge in [-0.05, 0) is 51.8 Å². The molecule has 3 aromatic heterocycles. The maximum Gasteiger partial charge on any atom is 0.259 e. The SMILES string of the molecule is Cc1cc(C)n(-c2ccc(NC(=O)c3cnn(C4CCOCC4)c3C)cn2)n1. The van der Waals surface area contributed by atoms with Crippen LogP contribution >= 0.6 is 0 Å². The summed E-state index contributed by atoms with van der Waals surface area (Å²) in [5, 5.41) is 11.8. The van der Waals surface area contributed by atoms with Crippen molar-refractivity contribution in [3.63, 3.8) is 0 Å². The monoisotopic (exact) mass is 380 g/mol. The molecule has 8 nitrogen and oxygen atoms in total. The van der Waals surface area contributed by atoms with Crippen LogP contribution in [-0.4, -0.2) is 43.7 Å². The van der Waals surface area contributed by atoms with Gasteiger partial charge in [-0.1, -0.05) is 0 Å². The van der Waals surface area contributed by atoms with Crippen molar-refractivity contribution in [1.29, 1.82) is 0 Å². The fraction of sp³-hybridized carbons (Fsp3) is 0.400. The summed E-state index contributed by atoms with van der Waals surface area (Å²) in [6.07, 6.45) is 5.11. The maximum atomic E-state index is 12.7. The van der Waals surface area contributed by atoms with Crippen LogP contribution in [0, 0.1) is 20.8 Å². The van der Waals surface area contributed by atoms with Gasteiger partial charge < -0.3 is 10.1 Å². The van der Waals surface area contributed by atoms with Crippen molar-refractivity contribution >= 4 is 11.6 Å². The summed E-state index contributed by atoms with van der Waals surface area (Å²) in [6, 6.07) is 5.95. The Balaban J connectivity index is 1.48. The van der Waals surface area contributed by atoms with E-state index in [0.29, 0.717) is 17.1 Å². The Bertz CT molecular complexity index is 983. The first kappa shape index (κ1) is 18.4. The first-order chi connectivity index (χ1) is 13.5. The van der Waals surface area contributed by atoms with Crippen LogP contribution in [0.4, 0.5) is 5.69 Å². The number of nitrogens with one attached hydrogen (secondary N) is 1. The third-order valence-corrected chi connectivity index (χ3v) is 5.06. The van der Waals surface area contributed by atoms with Gasteiger partial charge in [-0.2, -0.15) is 10.2 Å². The first-order valence-electron chi connectivity index (χ1n) is 9.46. The fourth-order valence-corrected chi connectivity index (χ4v) is 3.59. The summed E-state index contributed by atoms with van der Waals surface area (Å²) in [5.41, 5.74) is 4.03. The number of ether oxygens (including phenoxy) is 1. The summed E-state index contributed by atoms with van der Waals surface area (Å²) in [6.45, 7) is 7.33. The molecule has 1 aliphatic rings. The highest BCUT2D eigenvalue weighted by Crippen LogP contribution is 2.23. The van der Waals surface area contributed by atoms with E-state index in [2.05, 4.69) is 20.5 Å². The second-order valence-electron chi connectivity index (χ2n) is 7.13. The number of nitrogens with zero attached hydrogens (tertiary/aromatic N) is 5. The molecule has 0 unspecified atom stereocenters. The molecule has 146 valence electrons. The second-order valence-corrected chi connectivity index (χ2v) is 7.13. The molecule has 4 rings (SSSR count). The van der Waals surface area contributed by atoms with Crippen LogP contribution in [0.25, 0.3) is 5.82 Å². The Morgan fingerprint density at radius 1 is 1.18 bits per heavy atom. The number of carbonyl (C=O) groups excluding carboxylic acids is 1. The first-order valence-corrected chi connectivity index (χ1v) is 9.46. The molecule has 3 aromatic rings. The van der Waals surface area contributed by atoms with Gasteiger partial charge in [0.25, 0.3) is 5.91 Å². The Kier molecular flexibility index (Phi) is 4.95. The lowest BCUT2D eigenvalue weighted by atomic mass is 10.1. The van der Waals surface area contributed by atoms with Gasteiger partial charge >= 0.3 is 0 Å². The van der Waals surface area contributed by atoms with E-state index in [0.717, 1.165) is 43.1 Å². The summed E-state index contributed by atoms with van der Waals surface area (Å²) >= 11 is 0. The van der Waals surface area contributed by atoms with Crippen molar-refractivity contribution in [2.24, 2.45) is 0 Å². The molecule has 8 heteroatoms. The van der Waals surface area contributed by atoms with Crippen LogP contribution < -0.4 is 5.32 Å². The van der Waals surface area contributed by atoms with Gasteiger partial charge in [0.2, 0.25) is 0 Å². The predicted octanol–water partition coefficient (Wildman–Crippen LogP) is 2.99. The molecular formula is C20H24N6O2. The molecule has 0 radical (unpaired) electrons. The summed E-state index contributed by atoms with van der Waals surface area (Å²) in [4.78, 5) is 17.1. The van der Waals surface area contributed by atoms with Gasteiger partial charge in [0.05, 0.1) is 35.4 Å². The minimum Gasteiger partial charge on any atom is -0.381 e. The van der Waals surface area contributed by atoms with Gasteiger partial charge in [-0.25, -0.2) is 9.67 Å². The van der Waals surface area contributed by atoms with Gasteiger partial charge in [0.1, 0.15) is 0 Å². The number of carbonyl (C=O) groups is 1. The molecule has 0 bridgehead atoms. The van der Waals surface area contributed by atoms with E-state index in [9.17, 15) is 4.79 Å². The molecule has 1 saturated heterocycles. The van der Waals surface area contributed by atoms with E-state index in [4.69, 9.17) is 4.74 Å². The van der Waals surface area contributed by atoms with E-state index >= 15 is 0 Å². The van der Waals surface area contributed by atoms with E-state index in [1.54, 1.807) is 17.1 Å². The third-order valence-electron chi connectivity index (χ3n) is 5.06. The van der Waals surface area contributed by atoms with E-state index < -0.39 is 0 Å². The van der Waals surface area contributed by atoms with Crippen molar-refractivity contribution in [3.05, 3.63) is 53.2 Å². The minimum absolute atomic E-state index is 0.184. The Hall–Kier alpha value is -3.00. The molecule has 0 spiro atoms. The van der Waals surface area contributed by atoms with Crippen molar-refractivity contribution < 1.29 is 9.53 Å². The number of pyridine rings is 1. The molecule has 4 heterocycles. The lowest BCUT2D eigenvalue weighted by Crippen LogP contribution is -2.22. The predicted molar refractivity (Wildman–Crippen MR) is 105 cm³/mol. The lowest BCUT2D eigenvalue weighted by Gasteiger charge is -2.23. The van der Waals surface area contributed by atoms with Crippen molar-refractivity contribution in [2.45, 2.75) is 39.7 Å². The Morgan fingerprint density at radius 2 is 1.96 bits per heavy atom. The number of anilines is 1. The van der Waals surface area contributed by atoms with Crippen molar-refractivity contribution in [2.75, 3.05) is 18.5 Å².